The lowest BCUT2D eigenvalue weighted by Gasteiger charge is -2.17. The van der Waals surface area contributed by atoms with E-state index in [4.69, 9.17) is 28.4 Å². The van der Waals surface area contributed by atoms with Crippen LogP contribution in [0.3, 0.4) is 0 Å². The third-order valence-corrected chi connectivity index (χ3v) is 5.43. The van der Waals surface area contributed by atoms with Gasteiger partial charge in [0.2, 0.25) is 5.75 Å². The Bertz CT molecular complexity index is 1190. The lowest BCUT2D eigenvalue weighted by molar-refractivity contribution is 0.102. The minimum absolute atomic E-state index is 0.342. The van der Waals surface area contributed by atoms with Gasteiger partial charge in [0.25, 0.3) is 5.91 Å². The first-order chi connectivity index (χ1) is 18.5. The number of nitrogens with zero attached hydrogens (tertiary/aromatic N) is 1. The minimum atomic E-state index is -0.342. The van der Waals surface area contributed by atoms with Gasteiger partial charge in [-0.1, -0.05) is 0 Å². The third kappa shape index (κ3) is 6.90. The van der Waals surface area contributed by atoms with Crippen LogP contribution in [0.5, 0.6) is 34.5 Å². The van der Waals surface area contributed by atoms with Gasteiger partial charge >= 0.3 is 0 Å². The maximum Gasteiger partial charge on any atom is 0.255 e. The number of methoxy groups -OCH3 is 3. The fourth-order valence-electron chi connectivity index (χ4n) is 3.72. The molecular weight excluding hydrogens is 490 g/mol. The second-order valence-corrected chi connectivity index (χ2v) is 7.86. The van der Waals surface area contributed by atoms with Gasteiger partial charge in [0.05, 0.1) is 53.0 Å². The zero-order chi connectivity index (χ0) is 27.5. The summed E-state index contributed by atoms with van der Waals surface area (Å²) in [5, 5.41) is 6.12. The highest BCUT2D eigenvalue weighted by Crippen LogP contribution is 2.38. The summed E-state index contributed by atoms with van der Waals surface area (Å²) in [5.74, 6) is 3.50. The number of hydrogen-bond donors (Lipinski definition) is 2. The highest BCUT2D eigenvalue weighted by molar-refractivity contribution is 6.05. The Kier molecular flexibility index (Phi) is 10.3. The number of ether oxygens (including phenoxy) is 6. The Hall–Kier alpha value is -4.34. The Balaban J connectivity index is 1.72. The average Bonchev–Trinajstić information content (AvgIpc) is 2.93. The number of rotatable bonds is 14. The van der Waals surface area contributed by atoms with E-state index in [9.17, 15) is 4.79 Å². The normalized spacial score (nSPS) is 10.4. The van der Waals surface area contributed by atoms with E-state index in [1.165, 1.54) is 21.3 Å². The molecule has 10 nitrogen and oxygen atoms in total. The first kappa shape index (κ1) is 28.2. The number of nitrogens with one attached hydrogen (secondary N) is 2. The molecule has 38 heavy (non-hydrogen) atoms. The molecule has 0 bridgehead atoms. The molecule has 0 saturated heterocycles. The number of hydrogen-bond acceptors (Lipinski definition) is 9. The standard InChI is InChI=1S/C28H35N3O7/c1-7-36-21-15-23(38-9-3)22(37-8-2)14-19(21)16-29-26-11-10-20(17-30-26)31-28(32)18-12-24(33-4)27(35-6)25(13-18)34-5/h10-15,17H,7-9,16H2,1-6H3,(H,29,30)(H,31,32). The van der Waals surface area contributed by atoms with Gasteiger partial charge in [-0.2, -0.15) is 0 Å². The van der Waals surface area contributed by atoms with Crippen molar-refractivity contribution in [1.29, 1.82) is 0 Å². The van der Waals surface area contributed by atoms with Gasteiger partial charge in [0.1, 0.15) is 11.6 Å². The Morgan fingerprint density at radius 1 is 0.763 bits per heavy atom. The summed E-state index contributed by atoms with van der Waals surface area (Å²) in [6.07, 6.45) is 1.57. The molecule has 204 valence electrons. The summed E-state index contributed by atoms with van der Waals surface area (Å²) >= 11 is 0. The molecule has 0 unspecified atom stereocenters. The van der Waals surface area contributed by atoms with Crippen molar-refractivity contribution in [2.45, 2.75) is 27.3 Å². The van der Waals surface area contributed by atoms with Gasteiger partial charge in [-0.25, -0.2) is 4.98 Å². The van der Waals surface area contributed by atoms with Crippen LogP contribution in [0.1, 0.15) is 36.7 Å². The van der Waals surface area contributed by atoms with Crippen molar-refractivity contribution in [2.75, 3.05) is 51.8 Å². The Labute approximate surface area is 223 Å². The van der Waals surface area contributed by atoms with Crippen molar-refractivity contribution in [3.05, 3.63) is 53.7 Å². The number of amides is 1. The number of aromatic nitrogens is 1. The molecule has 3 rings (SSSR count). The zero-order valence-electron chi connectivity index (χ0n) is 22.7. The van der Waals surface area contributed by atoms with Crippen LogP contribution >= 0.6 is 0 Å². The first-order valence-electron chi connectivity index (χ1n) is 12.3. The van der Waals surface area contributed by atoms with Crippen LogP contribution in [0.2, 0.25) is 0 Å². The van der Waals surface area contributed by atoms with E-state index >= 15 is 0 Å². The summed E-state index contributed by atoms with van der Waals surface area (Å²) in [5.41, 5.74) is 1.79. The molecule has 0 aliphatic carbocycles. The van der Waals surface area contributed by atoms with E-state index in [1.807, 2.05) is 32.9 Å². The molecule has 2 aromatic carbocycles. The van der Waals surface area contributed by atoms with Gasteiger partial charge < -0.3 is 39.1 Å². The highest BCUT2D eigenvalue weighted by Gasteiger charge is 2.17. The summed E-state index contributed by atoms with van der Waals surface area (Å²) < 4.78 is 33.3. The largest absolute Gasteiger partial charge is 0.493 e. The number of anilines is 2. The molecule has 0 fully saturated rings. The van der Waals surface area contributed by atoms with E-state index in [0.717, 1.165) is 5.56 Å². The molecule has 0 atom stereocenters. The zero-order valence-corrected chi connectivity index (χ0v) is 22.7. The van der Waals surface area contributed by atoms with Crippen LogP contribution in [0.4, 0.5) is 11.5 Å². The van der Waals surface area contributed by atoms with Crippen LogP contribution < -0.4 is 39.1 Å². The molecule has 1 aromatic heterocycles. The SMILES string of the molecule is CCOc1cc(OCC)c(OCC)cc1CNc1ccc(NC(=O)c2cc(OC)c(OC)c(OC)c2)cn1. The fraction of sp³-hybridized carbons (Fsp3) is 0.357. The monoisotopic (exact) mass is 525 g/mol. The topological polar surface area (TPSA) is 109 Å². The maximum absolute atomic E-state index is 12.9. The third-order valence-electron chi connectivity index (χ3n) is 5.43. The molecule has 0 spiro atoms. The second kappa shape index (κ2) is 13.8. The van der Waals surface area contributed by atoms with Crippen molar-refractivity contribution in [1.82, 2.24) is 4.98 Å². The van der Waals surface area contributed by atoms with Crippen molar-refractivity contribution < 1.29 is 33.2 Å². The smallest absolute Gasteiger partial charge is 0.255 e. The Morgan fingerprint density at radius 3 is 1.89 bits per heavy atom. The van der Waals surface area contributed by atoms with Crippen molar-refractivity contribution >= 4 is 17.4 Å². The van der Waals surface area contributed by atoms with E-state index < -0.39 is 0 Å². The summed E-state index contributed by atoms with van der Waals surface area (Å²) in [6.45, 7) is 7.79. The molecule has 1 amide bonds. The molecule has 10 heteroatoms. The fourth-order valence-corrected chi connectivity index (χ4v) is 3.72. The number of carbonyl (C=O) groups excluding carboxylic acids is 1. The molecule has 0 radical (unpaired) electrons. The highest BCUT2D eigenvalue weighted by atomic mass is 16.5. The lowest BCUT2D eigenvalue weighted by atomic mass is 10.1. The first-order valence-corrected chi connectivity index (χ1v) is 12.3. The van der Waals surface area contributed by atoms with Crippen LogP contribution in [0, 0.1) is 0 Å². The minimum Gasteiger partial charge on any atom is -0.493 e. The van der Waals surface area contributed by atoms with Crippen LogP contribution in [-0.4, -0.2) is 52.0 Å². The predicted octanol–water partition coefficient (Wildman–Crippen LogP) is 5.17. The van der Waals surface area contributed by atoms with E-state index in [2.05, 4.69) is 15.6 Å². The Morgan fingerprint density at radius 2 is 1.37 bits per heavy atom. The van der Waals surface area contributed by atoms with Gasteiger partial charge in [0, 0.05) is 23.7 Å². The molecule has 0 saturated carbocycles. The second-order valence-electron chi connectivity index (χ2n) is 7.86. The molecule has 2 N–H and O–H groups in total. The van der Waals surface area contributed by atoms with Gasteiger partial charge in [-0.15, -0.1) is 0 Å². The maximum atomic E-state index is 12.9. The van der Waals surface area contributed by atoms with Crippen molar-refractivity contribution in [3.63, 3.8) is 0 Å². The number of pyridine rings is 1. The van der Waals surface area contributed by atoms with E-state index in [0.29, 0.717) is 77.9 Å². The lowest BCUT2D eigenvalue weighted by Crippen LogP contribution is -2.13. The van der Waals surface area contributed by atoms with Gasteiger partial charge in [-0.05, 0) is 51.1 Å². The van der Waals surface area contributed by atoms with Crippen LogP contribution in [0.15, 0.2) is 42.6 Å². The van der Waals surface area contributed by atoms with Gasteiger partial charge in [0.15, 0.2) is 23.0 Å². The quantitative estimate of drug-likeness (QED) is 0.295. The van der Waals surface area contributed by atoms with Crippen LogP contribution in [-0.2, 0) is 6.54 Å². The average molecular weight is 526 g/mol. The van der Waals surface area contributed by atoms with E-state index in [-0.39, 0.29) is 5.91 Å². The summed E-state index contributed by atoms with van der Waals surface area (Å²) in [7, 11) is 4.50. The summed E-state index contributed by atoms with van der Waals surface area (Å²) in [6, 6.07) is 10.5. The molecule has 0 aliphatic heterocycles. The van der Waals surface area contributed by atoms with Crippen molar-refractivity contribution in [3.8, 4) is 34.5 Å². The molecule has 3 aromatic rings. The predicted molar refractivity (Wildman–Crippen MR) is 146 cm³/mol. The van der Waals surface area contributed by atoms with Gasteiger partial charge in [-0.3, -0.25) is 4.79 Å². The molecule has 1 heterocycles. The number of benzene rings is 2. The molecule has 0 aliphatic rings. The van der Waals surface area contributed by atoms with E-state index in [1.54, 1.807) is 30.5 Å². The number of carbonyl (C=O) groups is 1. The van der Waals surface area contributed by atoms with Crippen molar-refractivity contribution in [2.24, 2.45) is 0 Å². The molecular formula is C28H35N3O7. The van der Waals surface area contributed by atoms with Crippen LogP contribution in [0.25, 0.3) is 0 Å². The summed E-state index contributed by atoms with van der Waals surface area (Å²) in [4.78, 5) is 17.3.